The lowest BCUT2D eigenvalue weighted by molar-refractivity contribution is 0.627. The Kier molecular flexibility index (Phi) is 2.57. The monoisotopic (exact) mass is 207 g/mol. The number of benzene rings is 1. The van der Waals surface area contributed by atoms with Crippen molar-refractivity contribution >= 4 is 5.69 Å². The van der Waals surface area contributed by atoms with E-state index in [1.165, 1.54) is 16.9 Å². The molecule has 0 spiro atoms. The van der Waals surface area contributed by atoms with Crippen LogP contribution in [-0.2, 0) is 13.6 Å². The molecule has 0 fully saturated rings. The molecule has 78 valence electrons. The van der Waals surface area contributed by atoms with E-state index in [9.17, 15) is 4.39 Å². The molecule has 2 aromatic rings. The average Bonchev–Trinajstić information content (AvgIpc) is 2.62. The van der Waals surface area contributed by atoms with E-state index in [1.807, 2.05) is 0 Å². The van der Waals surface area contributed by atoms with Crippen LogP contribution in [-0.4, -0.2) is 20.2 Å². The second-order valence-electron chi connectivity index (χ2n) is 3.06. The van der Waals surface area contributed by atoms with Crippen LogP contribution in [0.3, 0.4) is 0 Å². The van der Waals surface area contributed by atoms with Crippen LogP contribution in [0.25, 0.3) is 0 Å². The van der Waals surface area contributed by atoms with Gasteiger partial charge >= 0.3 is 0 Å². The topological polar surface area (TPSA) is 55.6 Å². The zero-order valence-corrected chi connectivity index (χ0v) is 8.18. The van der Waals surface area contributed by atoms with Crippen molar-refractivity contribution in [2.24, 2.45) is 7.05 Å². The first-order valence-electron chi connectivity index (χ1n) is 4.46. The summed E-state index contributed by atoms with van der Waals surface area (Å²) in [6, 6.07) is 6.23. The summed E-state index contributed by atoms with van der Waals surface area (Å²) in [5.74, 6) is 0.300. The Bertz CT molecular complexity index is 453. The van der Waals surface area contributed by atoms with Gasteiger partial charge in [0, 0.05) is 5.69 Å². The van der Waals surface area contributed by atoms with Gasteiger partial charge in [-0.15, -0.1) is 10.2 Å². The molecule has 1 aromatic heterocycles. The number of aromatic nitrogens is 4. The fourth-order valence-electron chi connectivity index (χ4n) is 1.17. The molecule has 0 aliphatic heterocycles. The Balaban J connectivity index is 1.99. The van der Waals surface area contributed by atoms with E-state index < -0.39 is 0 Å². The van der Waals surface area contributed by atoms with Crippen molar-refractivity contribution in [2.45, 2.75) is 6.54 Å². The summed E-state index contributed by atoms with van der Waals surface area (Å²) in [6.07, 6.45) is 0. The van der Waals surface area contributed by atoms with Crippen LogP contribution < -0.4 is 5.32 Å². The lowest BCUT2D eigenvalue weighted by Crippen LogP contribution is -2.02. The van der Waals surface area contributed by atoms with Crippen molar-refractivity contribution in [2.75, 3.05) is 5.32 Å². The molecule has 0 saturated heterocycles. The highest BCUT2D eigenvalue weighted by atomic mass is 19.1. The number of rotatable bonds is 3. The van der Waals surface area contributed by atoms with E-state index >= 15 is 0 Å². The lowest BCUT2D eigenvalue weighted by Gasteiger charge is -2.02. The number of tetrazole rings is 1. The maximum Gasteiger partial charge on any atom is 0.193 e. The van der Waals surface area contributed by atoms with Crippen molar-refractivity contribution in [3.63, 3.8) is 0 Å². The van der Waals surface area contributed by atoms with Crippen molar-refractivity contribution in [3.05, 3.63) is 35.9 Å². The molecule has 0 bridgehead atoms. The van der Waals surface area contributed by atoms with Gasteiger partial charge in [-0.05, 0) is 23.4 Å². The molecule has 0 atom stereocenters. The third-order valence-corrected chi connectivity index (χ3v) is 1.82. The van der Waals surface area contributed by atoms with Crippen molar-refractivity contribution < 1.29 is 4.39 Å². The summed E-state index contributed by atoms with van der Waals surface area (Å²) in [6.45, 7) is 0.428. The van der Waals surface area contributed by atoms with Gasteiger partial charge in [0.15, 0.2) is 5.82 Å². The smallest absolute Gasteiger partial charge is 0.193 e. The Labute approximate surface area is 85.9 Å². The maximum atomic E-state index is 12.8. The highest BCUT2D eigenvalue weighted by molar-refractivity contribution is 5.42. The van der Waals surface area contributed by atoms with Crippen LogP contribution in [0.15, 0.2) is 24.3 Å². The Hall–Kier alpha value is -1.98. The van der Waals surface area contributed by atoms with Gasteiger partial charge in [-0.3, -0.25) is 0 Å². The normalized spacial score (nSPS) is 10.3. The first kappa shape index (κ1) is 9.57. The van der Waals surface area contributed by atoms with Crippen LogP contribution in [0.5, 0.6) is 0 Å². The minimum Gasteiger partial charge on any atom is -0.378 e. The number of hydrogen-bond donors (Lipinski definition) is 1. The Morgan fingerprint density at radius 2 is 2.33 bits per heavy atom. The van der Waals surface area contributed by atoms with E-state index in [0.29, 0.717) is 18.1 Å². The number of hydrogen-bond acceptors (Lipinski definition) is 4. The lowest BCUT2D eigenvalue weighted by atomic mass is 10.3. The molecule has 0 radical (unpaired) electrons. The third-order valence-electron chi connectivity index (χ3n) is 1.82. The average molecular weight is 207 g/mol. The molecule has 2 rings (SSSR count). The largest absolute Gasteiger partial charge is 0.378 e. The van der Waals surface area contributed by atoms with Gasteiger partial charge in [0.2, 0.25) is 0 Å². The van der Waals surface area contributed by atoms with Gasteiger partial charge < -0.3 is 5.32 Å². The van der Waals surface area contributed by atoms with Gasteiger partial charge in [0.05, 0.1) is 13.6 Å². The van der Waals surface area contributed by atoms with Crippen molar-refractivity contribution in [1.29, 1.82) is 0 Å². The minimum absolute atomic E-state index is 0.271. The summed E-state index contributed by atoms with van der Waals surface area (Å²) in [5, 5.41) is 14.5. The van der Waals surface area contributed by atoms with E-state index in [1.54, 1.807) is 19.2 Å². The van der Waals surface area contributed by atoms with Crippen LogP contribution in [0.1, 0.15) is 5.82 Å². The molecule has 0 aliphatic carbocycles. The predicted octanol–water partition coefficient (Wildman–Crippen LogP) is 0.961. The molecule has 0 unspecified atom stereocenters. The zero-order valence-electron chi connectivity index (χ0n) is 8.18. The van der Waals surface area contributed by atoms with Gasteiger partial charge in [0.1, 0.15) is 5.82 Å². The van der Waals surface area contributed by atoms with Crippen LogP contribution in [0.2, 0.25) is 0 Å². The molecule has 1 N–H and O–H groups in total. The molecule has 0 aliphatic rings. The van der Waals surface area contributed by atoms with Crippen molar-refractivity contribution in [3.8, 4) is 0 Å². The molecule has 5 nitrogen and oxygen atoms in total. The maximum absolute atomic E-state index is 12.8. The number of anilines is 1. The highest BCUT2D eigenvalue weighted by Crippen LogP contribution is 2.09. The van der Waals surface area contributed by atoms with E-state index in [0.717, 1.165) is 0 Å². The Morgan fingerprint density at radius 1 is 1.47 bits per heavy atom. The highest BCUT2D eigenvalue weighted by Gasteiger charge is 2.00. The quantitative estimate of drug-likeness (QED) is 0.814. The molecular weight excluding hydrogens is 197 g/mol. The van der Waals surface area contributed by atoms with Gasteiger partial charge in [-0.2, -0.15) is 4.80 Å². The molecule has 0 amide bonds. The zero-order chi connectivity index (χ0) is 10.7. The molecule has 0 saturated carbocycles. The van der Waals surface area contributed by atoms with E-state index in [2.05, 4.69) is 20.7 Å². The second kappa shape index (κ2) is 4.04. The number of halogens is 1. The van der Waals surface area contributed by atoms with Crippen molar-refractivity contribution in [1.82, 2.24) is 20.2 Å². The molecule has 1 aromatic carbocycles. The summed E-state index contributed by atoms with van der Waals surface area (Å²) in [5.41, 5.74) is 0.697. The van der Waals surface area contributed by atoms with Crippen LogP contribution in [0.4, 0.5) is 10.1 Å². The van der Waals surface area contributed by atoms with Crippen LogP contribution in [0, 0.1) is 5.82 Å². The summed E-state index contributed by atoms with van der Waals surface area (Å²) >= 11 is 0. The van der Waals surface area contributed by atoms with Gasteiger partial charge in [0.25, 0.3) is 0 Å². The standard InChI is InChI=1S/C9H10FN5/c1-15-13-9(12-14-15)6-11-8-4-2-3-7(10)5-8/h2-5,11H,6H2,1H3. The molecule has 6 heteroatoms. The third kappa shape index (κ3) is 2.49. The summed E-state index contributed by atoms with van der Waals surface area (Å²) in [4.78, 5) is 1.38. The minimum atomic E-state index is -0.271. The van der Waals surface area contributed by atoms with E-state index in [4.69, 9.17) is 0 Å². The first-order valence-corrected chi connectivity index (χ1v) is 4.46. The Morgan fingerprint density at radius 3 is 3.00 bits per heavy atom. The molecular formula is C9H10FN5. The second-order valence-corrected chi connectivity index (χ2v) is 3.06. The predicted molar refractivity (Wildman–Crippen MR) is 52.5 cm³/mol. The number of nitrogens with one attached hydrogen (secondary N) is 1. The number of nitrogens with zero attached hydrogens (tertiary/aromatic N) is 4. The van der Waals surface area contributed by atoms with Crippen LogP contribution >= 0.6 is 0 Å². The SMILES string of the molecule is Cn1nnc(CNc2cccc(F)c2)n1. The van der Waals surface area contributed by atoms with Gasteiger partial charge in [-0.25, -0.2) is 4.39 Å². The van der Waals surface area contributed by atoms with Gasteiger partial charge in [-0.1, -0.05) is 6.07 Å². The van der Waals surface area contributed by atoms with E-state index in [-0.39, 0.29) is 5.82 Å². The summed E-state index contributed by atoms with van der Waals surface area (Å²) < 4.78 is 12.8. The summed E-state index contributed by atoms with van der Waals surface area (Å²) in [7, 11) is 1.69. The molecule has 15 heavy (non-hydrogen) atoms. The molecule has 1 heterocycles. The first-order chi connectivity index (χ1) is 7.24. The fourth-order valence-corrected chi connectivity index (χ4v) is 1.17. The fraction of sp³-hybridized carbons (Fsp3) is 0.222. The number of aryl methyl sites for hydroxylation is 1.